The second-order valence-corrected chi connectivity index (χ2v) is 12.9. The van der Waals surface area contributed by atoms with Gasteiger partial charge in [-0.1, -0.05) is 142 Å². The normalized spacial score (nSPS) is 13.2. The van der Waals surface area contributed by atoms with Crippen molar-refractivity contribution in [1.29, 1.82) is 0 Å². The number of nitrogens with zero attached hydrogens (tertiary/aromatic N) is 2. The van der Waals surface area contributed by atoms with Gasteiger partial charge in [-0.05, 0) is 47.2 Å². The van der Waals surface area contributed by atoms with Crippen LogP contribution < -0.4 is 0 Å². The van der Waals surface area contributed by atoms with Crippen molar-refractivity contribution in [1.82, 2.24) is 0 Å². The summed E-state index contributed by atoms with van der Waals surface area (Å²) < 4.78 is 0. The van der Waals surface area contributed by atoms with Crippen LogP contribution >= 0.6 is 0 Å². The molecule has 0 radical (unpaired) electrons. The summed E-state index contributed by atoms with van der Waals surface area (Å²) in [5.41, 5.74) is 3.83. The lowest BCUT2D eigenvalue weighted by Gasteiger charge is -2.32. The Hall–Kier alpha value is -2.76. The van der Waals surface area contributed by atoms with Crippen molar-refractivity contribution in [2.75, 3.05) is 0 Å². The second-order valence-electron chi connectivity index (χ2n) is 12.9. The van der Waals surface area contributed by atoms with Crippen LogP contribution in [0.1, 0.15) is 166 Å². The number of fused-ring (bicyclic) bond motifs is 3. The lowest BCUT2D eigenvalue weighted by molar-refractivity contribution is -0.385. The van der Waals surface area contributed by atoms with Crippen molar-refractivity contribution in [2.45, 2.75) is 161 Å². The third-order valence-corrected chi connectivity index (χ3v) is 9.66. The van der Waals surface area contributed by atoms with Gasteiger partial charge in [-0.3, -0.25) is 20.2 Å². The summed E-state index contributed by atoms with van der Waals surface area (Å²) in [6.45, 7) is 4.50. The van der Waals surface area contributed by atoms with Crippen molar-refractivity contribution < 1.29 is 9.85 Å². The van der Waals surface area contributed by atoms with E-state index in [1.54, 1.807) is 24.3 Å². The Morgan fingerprint density at radius 1 is 0.488 bits per heavy atom. The first kappa shape index (κ1) is 34.7. The van der Waals surface area contributed by atoms with E-state index < -0.39 is 5.41 Å². The molecule has 0 aliphatic heterocycles. The largest absolute Gasteiger partial charge is 0.269 e. The first-order valence-corrected chi connectivity index (χ1v) is 17.5. The SMILES string of the molecule is CCCCCCCCCCCCC1(CCCCCCCCCCCC)c2cc([N+](=O)[O-])ccc2-c2ccc([N+](=O)[O-])cc21. The molecule has 3 rings (SSSR count). The molecular weight excluding hydrogens is 536 g/mol. The Kier molecular flexibility index (Phi) is 15.2. The third kappa shape index (κ3) is 10.1. The predicted molar refractivity (Wildman–Crippen MR) is 179 cm³/mol. The highest BCUT2D eigenvalue weighted by Gasteiger charge is 2.44. The summed E-state index contributed by atoms with van der Waals surface area (Å²) in [4.78, 5) is 23.0. The van der Waals surface area contributed by atoms with E-state index in [9.17, 15) is 20.2 Å². The van der Waals surface area contributed by atoms with Crippen molar-refractivity contribution >= 4 is 11.4 Å². The molecule has 1 aliphatic rings. The number of nitro benzene ring substituents is 2. The number of hydrogen-bond donors (Lipinski definition) is 0. The van der Waals surface area contributed by atoms with Crippen molar-refractivity contribution in [3.63, 3.8) is 0 Å². The average molecular weight is 593 g/mol. The van der Waals surface area contributed by atoms with E-state index in [0.29, 0.717) is 0 Å². The first-order chi connectivity index (χ1) is 20.9. The van der Waals surface area contributed by atoms with E-state index in [-0.39, 0.29) is 21.2 Å². The standard InChI is InChI=1S/C37H56N2O4/c1-3-5-7-9-11-13-15-17-19-21-27-37(28-22-20-18-16-14-12-10-8-6-4-2)35-29-31(38(40)41)23-25-33(35)34-26-24-32(39(42)43)30-36(34)37/h23-26,29-30H,3-22,27-28H2,1-2H3. The smallest absolute Gasteiger partial charge is 0.258 e. The maximum Gasteiger partial charge on any atom is 0.269 e. The highest BCUT2D eigenvalue weighted by atomic mass is 16.6. The van der Waals surface area contributed by atoms with Gasteiger partial charge in [0.05, 0.1) is 9.85 Å². The van der Waals surface area contributed by atoms with Gasteiger partial charge < -0.3 is 0 Å². The summed E-state index contributed by atoms with van der Waals surface area (Å²) >= 11 is 0. The number of nitro groups is 2. The van der Waals surface area contributed by atoms with Gasteiger partial charge in [0, 0.05) is 29.7 Å². The summed E-state index contributed by atoms with van der Waals surface area (Å²) in [6, 6.07) is 10.5. The molecule has 0 atom stereocenters. The zero-order chi connectivity index (χ0) is 30.9. The van der Waals surface area contributed by atoms with Crippen molar-refractivity contribution in [2.24, 2.45) is 0 Å². The monoisotopic (exact) mass is 592 g/mol. The van der Waals surface area contributed by atoms with Gasteiger partial charge in [0.1, 0.15) is 0 Å². The van der Waals surface area contributed by atoms with Crippen LogP contribution in [0.2, 0.25) is 0 Å². The number of hydrogen-bond acceptors (Lipinski definition) is 4. The van der Waals surface area contributed by atoms with E-state index in [1.807, 2.05) is 12.1 Å². The molecule has 0 N–H and O–H groups in total. The molecule has 238 valence electrons. The lowest BCUT2D eigenvalue weighted by atomic mass is 9.70. The fourth-order valence-corrected chi connectivity index (χ4v) is 7.19. The summed E-state index contributed by atoms with van der Waals surface area (Å²) in [5.74, 6) is 0. The Morgan fingerprint density at radius 3 is 1.09 bits per heavy atom. The highest BCUT2D eigenvalue weighted by molar-refractivity contribution is 5.83. The number of benzene rings is 2. The molecule has 0 amide bonds. The number of non-ortho nitro benzene ring substituents is 2. The predicted octanol–water partition coefficient (Wildman–Crippen LogP) is 12.4. The molecular formula is C37H56N2O4. The molecule has 0 unspecified atom stereocenters. The second kappa shape index (κ2) is 18.8. The average Bonchev–Trinajstić information content (AvgIpc) is 3.27. The zero-order valence-electron chi connectivity index (χ0n) is 27.0. The summed E-state index contributed by atoms with van der Waals surface area (Å²) in [7, 11) is 0. The Morgan fingerprint density at radius 2 is 0.791 bits per heavy atom. The number of unbranched alkanes of at least 4 members (excludes halogenated alkanes) is 18. The van der Waals surface area contributed by atoms with Gasteiger partial charge >= 0.3 is 0 Å². The molecule has 0 aromatic heterocycles. The molecule has 6 heteroatoms. The lowest BCUT2D eigenvalue weighted by Crippen LogP contribution is -2.26. The molecule has 0 spiro atoms. The molecule has 1 aliphatic carbocycles. The van der Waals surface area contributed by atoms with Crippen molar-refractivity contribution in [3.8, 4) is 11.1 Å². The Balaban J connectivity index is 1.73. The van der Waals surface area contributed by atoms with E-state index in [1.165, 1.54) is 103 Å². The van der Waals surface area contributed by atoms with Crippen LogP contribution in [-0.2, 0) is 5.41 Å². The first-order valence-electron chi connectivity index (χ1n) is 17.5. The maximum atomic E-state index is 11.8. The van der Waals surface area contributed by atoms with E-state index in [2.05, 4.69) is 13.8 Å². The molecule has 0 saturated carbocycles. The topological polar surface area (TPSA) is 86.3 Å². The summed E-state index contributed by atoms with van der Waals surface area (Å²) in [5, 5.41) is 23.7. The van der Waals surface area contributed by atoms with Gasteiger partial charge in [-0.2, -0.15) is 0 Å². The van der Waals surface area contributed by atoms with Gasteiger partial charge in [-0.25, -0.2) is 0 Å². The maximum absolute atomic E-state index is 11.8. The van der Waals surface area contributed by atoms with Gasteiger partial charge in [0.2, 0.25) is 0 Å². The fraction of sp³-hybridized carbons (Fsp3) is 0.676. The fourth-order valence-electron chi connectivity index (χ4n) is 7.19. The molecule has 6 nitrogen and oxygen atoms in total. The Bertz CT molecular complexity index is 1060. The zero-order valence-corrected chi connectivity index (χ0v) is 27.0. The highest BCUT2D eigenvalue weighted by Crippen LogP contribution is 2.55. The van der Waals surface area contributed by atoms with Crippen LogP contribution in [0.25, 0.3) is 11.1 Å². The van der Waals surface area contributed by atoms with Gasteiger partial charge in [-0.15, -0.1) is 0 Å². The molecule has 2 aromatic carbocycles. The molecule has 0 bridgehead atoms. The van der Waals surface area contributed by atoms with E-state index >= 15 is 0 Å². The third-order valence-electron chi connectivity index (χ3n) is 9.66. The van der Waals surface area contributed by atoms with Gasteiger partial charge in [0.25, 0.3) is 11.4 Å². The minimum Gasteiger partial charge on any atom is -0.258 e. The van der Waals surface area contributed by atoms with Crippen LogP contribution in [0, 0.1) is 20.2 Å². The van der Waals surface area contributed by atoms with E-state index in [0.717, 1.165) is 60.8 Å². The molecule has 0 saturated heterocycles. The molecule has 0 heterocycles. The van der Waals surface area contributed by atoms with Crippen LogP contribution in [0.4, 0.5) is 11.4 Å². The van der Waals surface area contributed by atoms with E-state index in [4.69, 9.17) is 0 Å². The quantitative estimate of drug-likeness (QED) is 0.0689. The summed E-state index contributed by atoms with van der Waals surface area (Å²) in [6.07, 6.45) is 26.8. The minimum atomic E-state index is -0.414. The molecule has 2 aromatic rings. The van der Waals surface area contributed by atoms with Crippen LogP contribution in [-0.4, -0.2) is 9.85 Å². The number of rotatable bonds is 24. The van der Waals surface area contributed by atoms with Crippen molar-refractivity contribution in [3.05, 3.63) is 67.8 Å². The van der Waals surface area contributed by atoms with Crippen LogP contribution in [0.3, 0.4) is 0 Å². The van der Waals surface area contributed by atoms with Crippen LogP contribution in [0.15, 0.2) is 36.4 Å². The van der Waals surface area contributed by atoms with Gasteiger partial charge in [0.15, 0.2) is 0 Å². The molecule has 43 heavy (non-hydrogen) atoms. The minimum absolute atomic E-state index is 0.108. The van der Waals surface area contributed by atoms with Crippen LogP contribution in [0.5, 0.6) is 0 Å². The Labute approximate surface area is 260 Å². The molecule has 0 fully saturated rings.